The monoisotopic (exact) mass is 530 g/mol. The SMILES string of the molecule is COc1ccc2[nH]cc(CCN3C(=O)C(=O)C(=C(O)c4ccc(OC)c(OC)c4)[C@@H]3c3cccc(F)c3)c2c1. The van der Waals surface area contributed by atoms with Crippen molar-refractivity contribution in [2.24, 2.45) is 0 Å². The van der Waals surface area contributed by atoms with Gasteiger partial charge in [-0.1, -0.05) is 12.1 Å². The van der Waals surface area contributed by atoms with Crippen molar-refractivity contribution in [3.63, 3.8) is 0 Å². The molecule has 3 aromatic carbocycles. The average molecular weight is 531 g/mol. The molecule has 8 nitrogen and oxygen atoms in total. The van der Waals surface area contributed by atoms with Crippen molar-refractivity contribution in [2.75, 3.05) is 27.9 Å². The van der Waals surface area contributed by atoms with Crippen LogP contribution in [0.3, 0.4) is 0 Å². The molecule has 1 amide bonds. The van der Waals surface area contributed by atoms with Crippen LogP contribution in [0.4, 0.5) is 4.39 Å². The molecule has 1 saturated heterocycles. The van der Waals surface area contributed by atoms with Gasteiger partial charge in [-0.25, -0.2) is 4.39 Å². The number of amides is 1. The number of Topliss-reactive ketones (excluding diaryl/α,β-unsaturated/α-hetero) is 1. The van der Waals surface area contributed by atoms with E-state index in [9.17, 15) is 19.1 Å². The van der Waals surface area contributed by atoms with E-state index in [2.05, 4.69) is 4.98 Å². The molecule has 1 aromatic heterocycles. The number of carbonyl (C=O) groups is 2. The number of nitrogens with one attached hydrogen (secondary N) is 1. The molecule has 2 heterocycles. The van der Waals surface area contributed by atoms with Gasteiger partial charge in [-0.05, 0) is 66.1 Å². The number of carbonyl (C=O) groups excluding carboxylic acids is 2. The summed E-state index contributed by atoms with van der Waals surface area (Å²) in [4.78, 5) is 31.3. The Morgan fingerprint density at radius 1 is 0.974 bits per heavy atom. The molecule has 1 aliphatic heterocycles. The highest BCUT2D eigenvalue weighted by atomic mass is 19.1. The lowest BCUT2D eigenvalue weighted by atomic mass is 9.95. The van der Waals surface area contributed by atoms with E-state index in [4.69, 9.17) is 14.2 Å². The minimum atomic E-state index is -0.992. The number of H-pyrrole nitrogens is 1. The summed E-state index contributed by atoms with van der Waals surface area (Å²) in [6.45, 7) is 0.151. The molecular weight excluding hydrogens is 503 g/mol. The lowest BCUT2D eigenvalue weighted by molar-refractivity contribution is -0.139. The van der Waals surface area contributed by atoms with E-state index < -0.39 is 23.5 Å². The van der Waals surface area contributed by atoms with Gasteiger partial charge in [0.2, 0.25) is 0 Å². The second kappa shape index (κ2) is 10.5. The highest BCUT2D eigenvalue weighted by molar-refractivity contribution is 6.46. The van der Waals surface area contributed by atoms with Crippen LogP contribution >= 0.6 is 0 Å². The van der Waals surface area contributed by atoms with E-state index in [0.717, 1.165) is 16.5 Å². The normalized spacial score (nSPS) is 16.6. The lowest BCUT2D eigenvalue weighted by Gasteiger charge is -2.25. The van der Waals surface area contributed by atoms with Gasteiger partial charge in [0, 0.05) is 29.2 Å². The maximum absolute atomic E-state index is 14.3. The van der Waals surface area contributed by atoms with Gasteiger partial charge in [-0.3, -0.25) is 9.59 Å². The van der Waals surface area contributed by atoms with E-state index in [-0.39, 0.29) is 23.4 Å². The zero-order chi connectivity index (χ0) is 27.7. The molecule has 0 aliphatic carbocycles. The largest absolute Gasteiger partial charge is 0.507 e. The van der Waals surface area contributed by atoms with Gasteiger partial charge < -0.3 is 29.2 Å². The number of rotatable bonds is 8. The summed E-state index contributed by atoms with van der Waals surface area (Å²) in [5, 5.41) is 12.3. The molecule has 1 atom stereocenters. The first-order valence-corrected chi connectivity index (χ1v) is 12.3. The number of methoxy groups -OCH3 is 3. The molecule has 1 fully saturated rings. The molecule has 2 N–H and O–H groups in total. The Labute approximate surface area is 224 Å². The van der Waals surface area contributed by atoms with Crippen molar-refractivity contribution in [2.45, 2.75) is 12.5 Å². The molecule has 0 spiro atoms. The van der Waals surface area contributed by atoms with E-state index >= 15 is 0 Å². The first kappa shape index (κ1) is 25.8. The summed E-state index contributed by atoms with van der Waals surface area (Å²) >= 11 is 0. The summed E-state index contributed by atoms with van der Waals surface area (Å²) in [7, 11) is 4.52. The first-order chi connectivity index (χ1) is 18.9. The van der Waals surface area contributed by atoms with Gasteiger partial charge in [0.1, 0.15) is 17.3 Å². The maximum atomic E-state index is 14.3. The van der Waals surface area contributed by atoms with E-state index in [1.54, 1.807) is 25.3 Å². The second-order valence-electron chi connectivity index (χ2n) is 9.09. The quantitative estimate of drug-likeness (QED) is 0.189. The van der Waals surface area contributed by atoms with Crippen LogP contribution in [-0.2, 0) is 16.0 Å². The van der Waals surface area contributed by atoms with E-state index in [1.807, 2.05) is 24.4 Å². The molecule has 200 valence electrons. The highest BCUT2D eigenvalue weighted by Gasteiger charge is 2.46. The molecular formula is C30H27FN2O6. The van der Waals surface area contributed by atoms with Crippen molar-refractivity contribution in [1.82, 2.24) is 9.88 Å². The number of aliphatic hydroxyl groups is 1. The van der Waals surface area contributed by atoms with E-state index in [0.29, 0.717) is 29.2 Å². The third-order valence-electron chi connectivity index (χ3n) is 6.96. The summed E-state index contributed by atoms with van der Waals surface area (Å²) in [6.07, 6.45) is 2.25. The summed E-state index contributed by atoms with van der Waals surface area (Å²) in [6, 6.07) is 15.0. The molecule has 0 saturated carbocycles. The number of aromatic amines is 1. The van der Waals surface area contributed by atoms with Crippen molar-refractivity contribution in [3.8, 4) is 17.2 Å². The molecule has 0 radical (unpaired) electrons. The second-order valence-corrected chi connectivity index (χ2v) is 9.09. The minimum absolute atomic E-state index is 0.126. The third kappa shape index (κ3) is 4.67. The molecule has 4 aromatic rings. The van der Waals surface area contributed by atoms with Gasteiger partial charge in [0.25, 0.3) is 11.7 Å². The molecule has 5 rings (SSSR count). The number of benzene rings is 3. The molecule has 0 bridgehead atoms. The van der Waals surface area contributed by atoms with Crippen molar-refractivity contribution >= 4 is 28.4 Å². The van der Waals surface area contributed by atoms with Crippen molar-refractivity contribution in [3.05, 3.63) is 94.9 Å². The zero-order valence-corrected chi connectivity index (χ0v) is 21.7. The Kier molecular flexibility index (Phi) is 6.98. The van der Waals surface area contributed by atoms with Crippen molar-refractivity contribution < 1.29 is 33.3 Å². The molecule has 1 aliphatic rings. The number of hydrogen-bond acceptors (Lipinski definition) is 6. The average Bonchev–Trinajstić information content (AvgIpc) is 3.48. The smallest absolute Gasteiger partial charge is 0.295 e. The van der Waals surface area contributed by atoms with Crippen LogP contribution < -0.4 is 14.2 Å². The number of aliphatic hydroxyl groups excluding tert-OH is 1. The van der Waals surface area contributed by atoms with Crippen LogP contribution in [0.2, 0.25) is 0 Å². The number of halogens is 1. The minimum Gasteiger partial charge on any atom is -0.507 e. The fourth-order valence-electron chi connectivity index (χ4n) is 5.01. The lowest BCUT2D eigenvalue weighted by Crippen LogP contribution is -2.31. The first-order valence-electron chi connectivity index (χ1n) is 12.3. The van der Waals surface area contributed by atoms with Gasteiger partial charge >= 0.3 is 0 Å². The van der Waals surface area contributed by atoms with Crippen molar-refractivity contribution in [1.29, 1.82) is 0 Å². The van der Waals surface area contributed by atoms with Crippen LogP contribution in [0.15, 0.2) is 72.4 Å². The number of likely N-dealkylation sites (tertiary alicyclic amines) is 1. The third-order valence-corrected chi connectivity index (χ3v) is 6.96. The Balaban J connectivity index is 1.57. The molecule has 9 heteroatoms. The summed E-state index contributed by atoms with van der Waals surface area (Å²) in [5.74, 6) is -1.06. The van der Waals surface area contributed by atoms with Crippen LogP contribution in [0, 0.1) is 5.82 Å². The van der Waals surface area contributed by atoms with Crippen LogP contribution in [0.25, 0.3) is 16.7 Å². The number of fused-ring (bicyclic) bond motifs is 1. The summed E-state index contributed by atoms with van der Waals surface area (Å²) in [5.41, 5.74) is 2.33. The number of aromatic nitrogens is 1. The van der Waals surface area contributed by atoms with E-state index in [1.165, 1.54) is 43.4 Å². The Bertz CT molecular complexity index is 1610. The summed E-state index contributed by atoms with van der Waals surface area (Å²) < 4.78 is 30.3. The Morgan fingerprint density at radius 3 is 2.49 bits per heavy atom. The fourth-order valence-corrected chi connectivity index (χ4v) is 5.01. The predicted octanol–water partition coefficient (Wildman–Crippen LogP) is 5.00. The number of ketones is 1. The van der Waals surface area contributed by atoms with Crippen LogP contribution in [0.5, 0.6) is 17.2 Å². The van der Waals surface area contributed by atoms with Gasteiger partial charge in [0.15, 0.2) is 11.5 Å². The molecule has 0 unspecified atom stereocenters. The maximum Gasteiger partial charge on any atom is 0.295 e. The predicted molar refractivity (Wildman–Crippen MR) is 144 cm³/mol. The van der Waals surface area contributed by atoms with Crippen LogP contribution in [0.1, 0.15) is 22.7 Å². The van der Waals surface area contributed by atoms with Crippen LogP contribution in [-0.4, -0.2) is 54.6 Å². The Hall–Kier alpha value is -4.79. The standard InChI is InChI=1S/C30H27FN2O6/c1-37-21-8-9-23-22(15-21)19(16-32-23)11-12-33-27(17-5-4-6-20(31)13-17)26(29(35)30(33)36)28(34)18-7-10-24(38-2)25(14-18)39-3/h4-10,13-16,27,32,34H,11-12H2,1-3H3/t27-/m0/s1. The number of ether oxygens (including phenoxy) is 3. The fraction of sp³-hybridized carbons (Fsp3) is 0.200. The Morgan fingerprint density at radius 2 is 1.77 bits per heavy atom. The highest BCUT2D eigenvalue weighted by Crippen LogP contribution is 2.41. The number of hydrogen-bond donors (Lipinski definition) is 2. The van der Waals surface area contributed by atoms with Gasteiger partial charge in [0.05, 0.1) is 32.9 Å². The zero-order valence-electron chi connectivity index (χ0n) is 21.7. The van der Waals surface area contributed by atoms with Gasteiger partial charge in [-0.2, -0.15) is 0 Å². The number of nitrogens with zero attached hydrogens (tertiary/aromatic N) is 1. The van der Waals surface area contributed by atoms with Gasteiger partial charge in [-0.15, -0.1) is 0 Å². The topological polar surface area (TPSA) is 101 Å². The molecule has 39 heavy (non-hydrogen) atoms.